The molecule has 0 bridgehead atoms. The predicted molar refractivity (Wildman–Crippen MR) is 68.0 cm³/mol. The third-order valence-corrected chi connectivity index (χ3v) is 3.09. The maximum absolute atomic E-state index is 11.7. The van der Waals surface area contributed by atoms with Crippen LogP contribution in [0.5, 0.6) is 11.6 Å². The highest BCUT2D eigenvalue weighted by Crippen LogP contribution is 2.27. The van der Waals surface area contributed by atoms with Crippen LogP contribution in [0.1, 0.15) is 28.8 Å². The fourth-order valence-electron chi connectivity index (χ4n) is 2.21. The summed E-state index contributed by atoms with van der Waals surface area (Å²) in [6, 6.07) is 11.2. The quantitative estimate of drug-likeness (QED) is 0.806. The van der Waals surface area contributed by atoms with Gasteiger partial charge in [-0.15, -0.1) is 0 Å². The molecule has 1 aliphatic carbocycles. The second-order valence-electron chi connectivity index (χ2n) is 4.37. The van der Waals surface area contributed by atoms with Gasteiger partial charge in [0.1, 0.15) is 5.75 Å². The van der Waals surface area contributed by atoms with Gasteiger partial charge in [-0.05, 0) is 42.7 Å². The molecule has 3 heteroatoms. The van der Waals surface area contributed by atoms with Gasteiger partial charge in [-0.2, -0.15) is 0 Å². The highest BCUT2D eigenvalue weighted by Gasteiger charge is 2.17. The van der Waals surface area contributed by atoms with Gasteiger partial charge in [0.05, 0.1) is 0 Å². The molecule has 1 aromatic carbocycles. The van der Waals surface area contributed by atoms with Crippen molar-refractivity contribution in [1.82, 2.24) is 4.98 Å². The first kappa shape index (κ1) is 11.0. The number of carbonyl (C=O) groups is 1. The predicted octanol–water partition coefficient (Wildman–Crippen LogP) is 3.39. The van der Waals surface area contributed by atoms with Crippen LogP contribution >= 0.6 is 0 Å². The molecule has 0 unspecified atom stereocenters. The molecular weight excluding hydrogens is 226 g/mol. The lowest BCUT2D eigenvalue weighted by Gasteiger charge is -2.15. The van der Waals surface area contributed by atoms with Gasteiger partial charge in [0, 0.05) is 24.2 Å². The summed E-state index contributed by atoms with van der Waals surface area (Å²) in [4.78, 5) is 15.8. The third kappa shape index (κ3) is 2.12. The lowest BCUT2D eigenvalue weighted by molar-refractivity contribution is 0.0972. The van der Waals surface area contributed by atoms with E-state index in [1.807, 2.05) is 36.4 Å². The van der Waals surface area contributed by atoms with Crippen molar-refractivity contribution in [3.63, 3.8) is 0 Å². The molecule has 0 atom stereocenters. The van der Waals surface area contributed by atoms with Crippen LogP contribution in [0, 0.1) is 0 Å². The lowest BCUT2D eigenvalue weighted by Crippen LogP contribution is -2.10. The number of rotatable bonds is 2. The summed E-state index contributed by atoms with van der Waals surface area (Å²) in [6.07, 6.45) is 4.23. The Morgan fingerprint density at radius 1 is 1.11 bits per heavy atom. The van der Waals surface area contributed by atoms with Crippen molar-refractivity contribution in [1.29, 1.82) is 0 Å². The van der Waals surface area contributed by atoms with Crippen LogP contribution in [-0.4, -0.2) is 10.8 Å². The highest BCUT2D eigenvalue weighted by atomic mass is 16.5. The number of aromatic nitrogens is 1. The van der Waals surface area contributed by atoms with Crippen LogP contribution in [0.2, 0.25) is 0 Å². The number of ether oxygens (including phenoxy) is 1. The summed E-state index contributed by atoms with van der Waals surface area (Å²) >= 11 is 0. The largest absolute Gasteiger partial charge is 0.439 e. The van der Waals surface area contributed by atoms with Crippen molar-refractivity contribution in [2.75, 3.05) is 0 Å². The molecule has 0 radical (unpaired) electrons. The minimum Gasteiger partial charge on any atom is -0.439 e. The Morgan fingerprint density at radius 2 is 2.06 bits per heavy atom. The van der Waals surface area contributed by atoms with Gasteiger partial charge in [-0.25, -0.2) is 4.98 Å². The monoisotopic (exact) mass is 239 g/mol. The minimum absolute atomic E-state index is 0.237. The van der Waals surface area contributed by atoms with E-state index in [0.717, 1.165) is 29.7 Å². The normalized spacial score (nSPS) is 14.1. The summed E-state index contributed by atoms with van der Waals surface area (Å²) < 4.78 is 5.66. The summed E-state index contributed by atoms with van der Waals surface area (Å²) in [5.74, 6) is 1.54. The minimum atomic E-state index is 0.237. The Kier molecular flexibility index (Phi) is 2.81. The molecule has 0 N–H and O–H groups in total. The molecular formula is C15H13NO2. The molecule has 2 aromatic rings. The van der Waals surface area contributed by atoms with Crippen LogP contribution < -0.4 is 4.74 Å². The molecule has 0 amide bonds. The average molecular weight is 239 g/mol. The first-order valence-electron chi connectivity index (χ1n) is 6.08. The van der Waals surface area contributed by atoms with Crippen molar-refractivity contribution in [2.45, 2.75) is 19.3 Å². The van der Waals surface area contributed by atoms with Gasteiger partial charge < -0.3 is 4.74 Å². The zero-order valence-corrected chi connectivity index (χ0v) is 9.93. The highest BCUT2D eigenvalue weighted by molar-refractivity contribution is 5.98. The molecule has 0 aliphatic heterocycles. The van der Waals surface area contributed by atoms with Gasteiger partial charge in [-0.3, -0.25) is 4.79 Å². The topological polar surface area (TPSA) is 39.2 Å². The van der Waals surface area contributed by atoms with E-state index in [9.17, 15) is 4.79 Å². The first-order valence-corrected chi connectivity index (χ1v) is 6.08. The molecule has 0 saturated heterocycles. The molecule has 1 aromatic heterocycles. The number of carbonyl (C=O) groups excluding carboxylic acids is 1. The zero-order valence-electron chi connectivity index (χ0n) is 9.93. The van der Waals surface area contributed by atoms with E-state index < -0.39 is 0 Å². The smallest absolute Gasteiger partial charge is 0.219 e. The Bertz CT molecular complexity index is 578. The van der Waals surface area contributed by atoms with E-state index in [1.54, 1.807) is 6.20 Å². The van der Waals surface area contributed by atoms with Gasteiger partial charge in [0.2, 0.25) is 5.88 Å². The third-order valence-electron chi connectivity index (χ3n) is 3.09. The maximum Gasteiger partial charge on any atom is 0.219 e. The molecule has 1 aliphatic rings. The van der Waals surface area contributed by atoms with Crippen molar-refractivity contribution in [2.24, 2.45) is 0 Å². The summed E-state index contributed by atoms with van der Waals surface area (Å²) in [6.45, 7) is 0. The molecule has 0 fully saturated rings. The number of ketones is 1. The molecule has 0 saturated carbocycles. The standard InChI is InChI=1S/C15H13NO2/c17-14-5-3-4-11-10-12(7-8-13(11)14)18-15-6-1-2-9-16-15/h1-2,6-10H,3-5H2. The van der Waals surface area contributed by atoms with Gasteiger partial charge in [-0.1, -0.05) is 6.07 Å². The lowest BCUT2D eigenvalue weighted by atomic mass is 9.91. The fraction of sp³-hybridized carbons (Fsp3) is 0.200. The van der Waals surface area contributed by atoms with E-state index in [1.165, 1.54) is 0 Å². The van der Waals surface area contributed by atoms with Gasteiger partial charge >= 0.3 is 0 Å². The number of fused-ring (bicyclic) bond motifs is 1. The molecule has 3 nitrogen and oxygen atoms in total. The second kappa shape index (κ2) is 4.61. The number of hydrogen-bond donors (Lipinski definition) is 0. The van der Waals surface area contributed by atoms with Crippen LogP contribution in [-0.2, 0) is 6.42 Å². The van der Waals surface area contributed by atoms with Crippen molar-refractivity contribution in [3.8, 4) is 11.6 Å². The molecule has 3 rings (SSSR count). The van der Waals surface area contributed by atoms with Crippen LogP contribution in [0.3, 0.4) is 0 Å². The zero-order chi connectivity index (χ0) is 12.4. The molecule has 18 heavy (non-hydrogen) atoms. The fourth-order valence-corrected chi connectivity index (χ4v) is 2.21. The number of nitrogens with zero attached hydrogens (tertiary/aromatic N) is 1. The number of aryl methyl sites for hydroxylation is 1. The molecule has 90 valence electrons. The Balaban J connectivity index is 1.89. The van der Waals surface area contributed by atoms with Crippen LogP contribution in [0.15, 0.2) is 42.6 Å². The average Bonchev–Trinajstić information content (AvgIpc) is 2.40. The summed E-state index contributed by atoms with van der Waals surface area (Å²) in [7, 11) is 0. The van der Waals surface area contributed by atoms with Crippen molar-refractivity contribution < 1.29 is 9.53 Å². The van der Waals surface area contributed by atoms with E-state index in [4.69, 9.17) is 4.74 Å². The van der Waals surface area contributed by atoms with Gasteiger partial charge in [0.15, 0.2) is 5.78 Å². The molecule has 1 heterocycles. The Labute approximate surface area is 105 Å². The maximum atomic E-state index is 11.7. The number of Topliss-reactive ketones (excluding diaryl/α,β-unsaturated/α-hetero) is 1. The Hall–Kier alpha value is -2.16. The van der Waals surface area contributed by atoms with Crippen LogP contribution in [0.4, 0.5) is 0 Å². The first-order chi connectivity index (χ1) is 8.83. The Morgan fingerprint density at radius 3 is 2.89 bits per heavy atom. The van der Waals surface area contributed by atoms with Crippen molar-refractivity contribution in [3.05, 3.63) is 53.7 Å². The molecule has 0 spiro atoms. The van der Waals surface area contributed by atoms with E-state index in [2.05, 4.69) is 4.98 Å². The van der Waals surface area contributed by atoms with Crippen molar-refractivity contribution >= 4 is 5.78 Å². The van der Waals surface area contributed by atoms with E-state index in [-0.39, 0.29) is 5.78 Å². The number of hydrogen-bond acceptors (Lipinski definition) is 3. The number of benzene rings is 1. The SMILES string of the molecule is O=C1CCCc2cc(Oc3ccccn3)ccc21. The van der Waals surface area contributed by atoms with E-state index >= 15 is 0 Å². The summed E-state index contributed by atoms with van der Waals surface area (Å²) in [5, 5.41) is 0. The summed E-state index contributed by atoms with van der Waals surface area (Å²) in [5.41, 5.74) is 1.93. The number of pyridine rings is 1. The van der Waals surface area contributed by atoms with E-state index in [0.29, 0.717) is 12.3 Å². The second-order valence-corrected chi connectivity index (χ2v) is 4.37. The van der Waals surface area contributed by atoms with Crippen LogP contribution in [0.25, 0.3) is 0 Å². The van der Waals surface area contributed by atoms with Gasteiger partial charge in [0.25, 0.3) is 0 Å².